The van der Waals surface area contributed by atoms with Crippen LogP contribution in [-0.2, 0) is 0 Å². The first-order valence-corrected chi connectivity index (χ1v) is 14.7. The molecule has 7 aromatic rings. The van der Waals surface area contributed by atoms with Gasteiger partial charge in [0.15, 0.2) is 0 Å². The molecule has 0 bridgehead atoms. The molecule has 0 saturated heterocycles. The van der Waals surface area contributed by atoms with Gasteiger partial charge in [-0.25, -0.2) is 0 Å². The van der Waals surface area contributed by atoms with Crippen LogP contribution < -0.4 is 4.90 Å². The predicted octanol–water partition coefficient (Wildman–Crippen LogP) is 11.7. The molecule has 42 heavy (non-hydrogen) atoms. The Balaban J connectivity index is 1.23. The van der Waals surface area contributed by atoms with Gasteiger partial charge in [0.25, 0.3) is 0 Å². The van der Waals surface area contributed by atoms with Crippen LogP contribution in [0.2, 0.25) is 0 Å². The molecule has 0 N–H and O–H groups in total. The fourth-order valence-corrected chi connectivity index (χ4v) is 6.64. The maximum atomic E-state index is 2.41. The molecule has 0 aromatic heterocycles. The first-order valence-electron chi connectivity index (χ1n) is 14.7. The largest absolute Gasteiger partial charge is 0.310 e. The van der Waals surface area contributed by atoms with Gasteiger partial charge in [-0.05, 0) is 141 Å². The van der Waals surface area contributed by atoms with Crippen molar-refractivity contribution >= 4 is 38.6 Å². The Bertz CT molecular complexity index is 2170. The fraction of sp³-hybridized carbons (Fsp3) is 0.0732. The second-order valence-electron chi connectivity index (χ2n) is 11.7. The molecule has 7 aromatic carbocycles. The van der Waals surface area contributed by atoms with Gasteiger partial charge in [0.05, 0.1) is 0 Å². The lowest BCUT2D eigenvalue weighted by atomic mass is 9.77. The van der Waals surface area contributed by atoms with E-state index in [2.05, 4.69) is 159 Å². The number of anilines is 3. The minimum Gasteiger partial charge on any atom is -0.310 e. The molecule has 0 atom stereocenters. The van der Waals surface area contributed by atoms with E-state index in [1.165, 1.54) is 88.7 Å². The van der Waals surface area contributed by atoms with Crippen molar-refractivity contribution in [3.05, 3.63) is 150 Å². The summed E-state index contributed by atoms with van der Waals surface area (Å²) in [6, 6.07) is 49.3. The SMILES string of the molecule is Cc1ccc(N(c2ccc3cc4c(cc3c2)-c2cc3ccc(-c5ccccc5)cc3cc2-4)c2ccccc2C)c(C)c1. The first kappa shape index (κ1) is 24.6. The van der Waals surface area contributed by atoms with E-state index in [9.17, 15) is 0 Å². The first-order chi connectivity index (χ1) is 20.5. The van der Waals surface area contributed by atoms with Gasteiger partial charge in [-0.3, -0.25) is 0 Å². The quantitative estimate of drug-likeness (QED) is 0.216. The fourth-order valence-electron chi connectivity index (χ4n) is 6.64. The molecule has 0 unspecified atom stereocenters. The molecule has 0 saturated carbocycles. The lowest BCUT2D eigenvalue weighted by Gasteiger charge is -2.29. The van der Waals surface area contributed by atoms with Gasteiger partial charge in [-0.1, -0.05) is 84.4 Å². The third-order valence-corrected chi connectivity index (χ3v) is 8.83. The minimum atomic E-state index is 1.18. The van der Waals surface area contributed by atoms with E-state index in [0.29, 0.717) is 0 Å². The van der Waals surface area contributed by atoms with Crippen LogP contribution in [0.15, 0.2) is 133 Å². The molecule has 0 heterocycles. The number of nitrogens with zero attached hydrogens (tertiary/aromatic N) is 1. The summed E-state index contributed by atoms with van der Waals surface area (Å²) in [5, 5.41) is 5.11. The van der Waals surface area contributed by atoms with Crippen LogP contribution >= 0.6 is 0 Å². The molecular formula is C41H31N. The highest BCUT2D eigenvalue weighted by Crippen LogP contribution is 2.51. The molecule has 0 fully saturated rings. The van der Waals surface area contributed by atoms with E-state index in [-0.39, 0.29) is 0 Å². The lowest BCUT2D eigenvalue weighted by Crippen LogP contribution is -2.12. The summed E-state index contributed by atoms with van der Waals surface area (Å²) < 4.78 is 0. The number of para-hydroxylation sites is 1. The van der Waals surface area contributed by atoms with Crippen molar-refractivity contribution in [2.45, 2.75) is 20.8 Å². The topological polar surface area (TPSA) is 3.24 Å². The molecule has 0 radical (unpaired) electrons. The van der Waals surface area contributed by atoms with Crippen LogP contribution in [0.5, 0.6) is 0 Å². The minimum absolute atomic E-state index is 1.18. The van der Waals surface area contributed by atoms with Gasteiger partial charge in [0, 0.05) is 17.1 Å². The van der Waals surface area contributed by atoms with Gasteiger partial charge in [-0.2, -0.15) is 0 Å². The summed E-state index contributed by atoms with van der Waals surface area (Å²) in [5.41, 5.74) is 15.3. The Labute approximate surface area is 247 Å². The number of fused-ring (bicyclic) bond motifs is 6. The maximum Gasteiger partial charge on any atom is 0.0491 e. The Kier molecular flexibility index (Phi) is 5.55. The molecule has 200 valence electrons. The van der Waals surface area contributed by atoms with Crippen LogP contribution in [-0.4, -0.2) is 0 Å². The standard InChI is InChI=1S/C41H31N/c1-26-13-18-41(28(3)19-26)42(40-12-8-7-9-27(40)2)35-17-16-32-23-37-38-24-33-20-30(29-10-5-4-6-11-29)14-15-31(33)22-36(38)39(37)25-34(32)21-35/h4-25H,1-3H3. The second-order valence-corrected chi connectivity index (χ2v) is 11.7. The van der Waals surface area contributed by atoms with Gasteiger partial charge >= 0.3 is 0 Å². The van der Waals surface area contributed by atoms with Crippen LogP contribution in [0.3, 0.4) is 0 Å². The molecule has 0 spiro atoms. The van der Waals surface area contributed by atoms with Crippen LogP contribution in [0.25, 0.3) is 54.9 Å². The van der Waals surface area contributed by atoms with Crippen molar-refractivity contribution in [3.8, 4) is 33.4 Å². The highest BCUT2D eigenvalue weighted by molar-refractivity contribution is 6.12. The van der Waals surface area contributed by atoms with Gasteiger partial charge < -0.3 is 4.90 Å². The molecule has 1 aliphatic rings. The number of hydrogen-bond acceptors (Lipinski definition) is 1. The number of benzene rings is 7. The molecule has 1 nitrogen and oxygen atoms in total. The van der Waals surface area contributed by atoms with E-state index in [0.717, 1.165) is 0 Å². The number of hydrogen-bond donors (Lipinski definition) is 0. The van der Waals surface area contributed by atoms with E-state index in [1.54, 1.807) is 0 Å². The van der Waals surface area contributed by atoms with E-state index in [4.69, 9.17) is 0 Å². The van der Waals surface area contributed by atoms with Crippen molar-refractivity contribution in [2.75, 3.05) is 4.90 Å². The Morgan fingerprint density at radius 2 is 0.976 bits per heavy atom. The van der Waals surface area contributed by atoms with Crippen molar-refractivity contribution in [1.29, 1.82) is 0 Å². The molecule has 0 amide bonds. The number of aryl methyl sites for hydroxylation is 3. The number of rotatable bonds is 4. The van der Waals surface area contributed by atoms with Crippen molar-refractivity contribution < 1.29 is 0 Å². The van der Waals surface area contributed by atoms with Crippen LogP contribution in [0.1, 0.15) is 16.7 Å². The third kappa shape index (κ3) is 3.93. The van der Waals surface area contributed by atoms with Crippen LogP contribution in [0.4, 0.5) is 17.1 Å². The average molecular weight is 538 g/mol. The summed E-state index contributed by atoms with van der Waals surface area (Å²) in [5.74, 6) is 0. The van der Waals surface area contributed by atoms with Crippen LogP contribution in [0, 0.1) is 20.8 Å². The highest BCUT2D eigenvalue weighted by Gasteiger charge is 2.24. The average Bonchev–Trinajstić information content (AvgIpc) is 3.01. The monoisotopic (exact) mass is 537 g/mol. The molecule has 8 rings (SSSR count). The zero-order chi connectivity index (χ0) is 28.4. The lowest BCUT2D eigenvalue weighted by molar-refractivity contribution is 1.22. The maximum absolute atomic E-state index is 2.41. The third-order valence-electron chi connectivity index (χ3n) is 8.83. The zero-order valence-corrected chi connectivity index (χ0v) is 24.1. The molecular weight excluding hydrogens is 506 g/mol. The Morgan fingerprint density at radius 1 is 0.381 bits per heavy atom. The molecule has 1 heteroatoms. The van der Waals surface area contributed by atoms with Gasteiger partial charge in [-0.15, -0.1) is 0 Å². The summed E-state index contributed by atoms with van der Waals surface area (Å²) in [7, 11) is 0. The highest BCUT2D eigenvalue weighted by atomic mass is 15.1. The second kappa shape index (κ2) is 9.46. The summed E-state index contributed by atoms with van der Waals surface area (Å²) >= 11 is 0. The van der Waals surface area contributed by atoms with E-state index >= 15 is 0 Å². The summed E-state index contributed by atoms with van der Waals surface area (Å²) in [6.07, 6.45) is 0. The van der Waals surface area contributed by atoms with Crippen molar-refractivity contribution in [1.82, 2.24) is 0 Å². The van der Waals surface area contributed by atoms with Gasteiger partial charge in [0.2, 0.25) is 0 Å². The normalized spacial score (nSPS) is 11.7. The van der Waals surface area contributed by atoms with E-state index in [1.807, 2.05) is 0 Å². The Hall–Kier alpha value is -5.14. The van der Waals surface area contributed by atoms with Crippen molar-refractivity contribution in [2.24, 2.45) is 0 Å². The van der Waals surface area contributed by atoms with Crippen molar-refractivity contribution in [3.63, 3.8) is 0 Å². The smallest absolute Gasteiger partial charge is 0.0491 e. The van der Waals surface area contributed by atoms with Gasteiger partial charge in [0.1, 0.15) is 0 Å². The summed E-state index contributed by atoms with van der Waals surface area (Å²) in [4.78, 5) is 2.41. The zero-order valence-electron chi connectivity index (χ0n) is 24.1. The molecule has 1 aliphatic carbocycles. The Morgan fingerprint density at radius 3 is 1.67 bits per heavy atom. The molecule has 0 aliphatic heterocycles. The van der Waals surface area contributed by atoms with E-state index < -0.39 is 0 Å². The predicted molar refractivity (Wildman–Crippen MR) is 180 cm³/mol. The summed E-state index contributed by atoms with van der Waals surface area (Å²) in [6.45, 7) is 6.56.